The number of aliphatic hydroxyl groups excluding tert-OH is 1. The maximum Gasteiger partial charge on any atom is 0.277 e. The Kier molecular flexibility index (Phi) is 5.87. The summed E-state index contributed by atoms with van der Waals surface area (Å²) in [4.78, 5) is 21.0. The third kappa shape index (κ3) is 4.44. The van der Waals surface area contributed by atoms with Crippen LogP contribution in [-0.4, -0.2) is 61.5 Å². The number of halogens is 2. The number of amides is 1. The van der Waals surface area contributed by atoms with Gasteiger partial charge in [-0.1, -0.05) is 0 Å². The number of carbonyl (C=O) groups excluding carboxylic acids is 1. The predicted molar refractivity (Wildman–Crippen MR) is 131 cm³/mol. The Morgan fingerprint density at radius 1 is 1.03 bits per heavy atom. The van der Waals surface area contributed by atoms with Gasteiger partial charge in [0.2, 0.25) is 0 Å². The highest BCUT2D eigenvalue weighted by atomic mass is 19.1. The first-order chi connectivity index (χ1) is 18.0. The van der Waals surface area contributed by atoms with Crippen molar-refractivity contribution in [1.29, 1.82) is 0 Å². The van der Waals surface area contributed by atoms with E-state index in [-0.39, 0.29) is 17.8 Å². The van der Waals surface area contributed by atoms with Crippen molar-refractivity contribution in [3.8, 4) is 0 Å². The molecule has 0 radical (unpaired) electrons. The van der Waals surface area contributed by atoms with Gasteiger partial charge in [0.15, 0.2) is 23.0 Å². The van der Waals surface area contributed by atoms with E-state index < -0.39 is 17.5 Å². The van der Waals surface area contributed by atoms with Gasteiger partial charge in [0.05, 0.1) is 18.3 Å². The first kappa shape index (κ1) is 23.2. The van der Waals surface area contributed by atoms with E-state index in [0.717, 1.165) is 18.6 Å². The Morgan fingerprint density at radius 2 is 1.89 bits per heavy atom. The van der Waals surface area contributed by atoms with Crippen molar-refractivity contribution >= 4 is 29.0 Å². The molecule has 2 saturated heterocycles. The molecule has 37 heavy (non-hydrogen) atoms. The number of nitrogens with one attached hydrogen (secondary N) is 1. The summed E-state index contributed by atoms with van der Waals surface area (Å²) in [6.07, 6.45) is 3.24. The molecule has 2 aliphatic rings. The molecular weight excluding hydrogens is 482 g/mol. The molecule has 0 saturated carbocycles. The summed E-state index contributed by atoms with van der Waals surface area (Å²) >= 11 is 0. The fourth-order valence-electron chi connectivity index (χ4n) is 4.98. The first-order valence-corrected chi connectivity index (χ1v) is 12.1. The Bertz CT molecular complexity index is 1460. The maximum atomic E-state index is 14.5. The lowest BCUT2D eigenvalue weighted by molar-refractivity contribution is 0.102. The minimum absolute atomic E-state index is 0.121. The average Bonchev–Trinajstić information content (AvgIpc) is 3.65. The normalized spacial score (nSPS) is 19.6. The largest absolute Gasteiger partial charge is 0.391 e. The van der Waals surface area contributed by atoms with Crippen LogP contribution in [0, 0.1) is 11.6 Å². The lowest BCUT2D eigenvalue weighted by Crippen LogP contribution is -2.25. The molecule has 2 N–H and O–H groups in total. The number of imidazole rings is 1. The van der Waals surface area contributed by atoms with Gasteiger partial charge in [-0.2, -0.15) is 4.52 Å². The van der Waals surface area contributed by atoms with Crippen LogP contribution in [0.5, 0.6) is 0 Å². The predicted octanol–water partition coefficient (Wildman–Crippen LogP) is 2.96. The maximum absolute atomic E-state index is 14.5. The zero-order valence-corrected chi connectivity index (χ0v) is 19.8. The number of β-amino-alcohol motifs (C(OH)–C–C–N with tert-alkyl or cyclic N) is 1. The molecule has 2 fully saturated rings. The van der Waals surface area contributed by atoms with Gasteiger partial charge < -0.3 is 20.2 Å². The molecule has 4 aromatic rings. The van der Waals surface area contributed by atoms with E-state index >= 15 is 0 Å². The number of benzene rings is 1. The molecule has 10 nitrogen and oxygen atoms in total. The highest BCUT2D eigenvalue weighted by Crippen LogP contribution is 2.36. The highest BCUT2D eigenvalue weighted by Gasteiger charge is 2.30. The molecule has 3 aromatic heterocycles. The van der Waals surface area contributed by atoms with Gasteiger partial charge in [-0.25, -0.2) is 13.8 Å². The smallest absolute Gasteiger partial charge is 0.277 e. The molecular formula is C25H24F2N8O2. The topological polar surface area (TPSA) is 112 Å². The molecule has 0 spiro atoms. The van der Waals surface area contributed by atoms with Gasteiger partial charge in [-0.15, -0.1) is 15.3 Å². The summed E-state index contributed by atoms with van der Waals surface area (Å²) in [6.45, 7) is 1.80. The minimum atomic E-state index is -0.486. The summed E-state index contributed by atoms with van der Waals surface area (Å²) < 4.78 is 29.9. The van der Waals surface area contributed by atoms with Crippen LogP contribution in [0.1, 0.15) is 41.4 Å². The standard InChI is InChI=1S/C25H24F2N8O2/c26-15-3-4-18(27)17(12-15)20-2-1-10-34(20)23-8-7-21-28-13-24(35(21)32-23)29-25(37)19-5-6-22(31-30-19)33-11-9-16(36)14-33/h3-8,12-13,16,20,36H,1-2,9-11,14H2,(H,29,37). The molecule has 2 atom stereocenters. The van der Waals surface area contributed by atoms with Gasteiger partial charge >= 0.3 is 0 Å². The zero-order valence-electron chi connectivity index (χ0n) is 19.8. The van der Waals surface area contributed by atoms with Gasteiger partial charge in [-0.05, 0) is 61.7 Å². The van der Waals surface area contributed by atoms with Gasteiger partial charge in [-0.3, -0.25) is 4.79 Å². The van der Waals surface area contributed by atoms with Gasteiger partial charge in [0, 0.05) is 25.2 Å². The summed E-state index contributed by atoms with van der Waals surface area (Å²) in [5.74, 6) is 0.0788. The quantitative estimate of drug-likeness (QED) is 0.425. The second-order valence-electron chi connectivity index (χ2n) is 9.24. The van der Waals surface area contributed by atoms with Crippen LogP contribution in [-0.2, 0) is 0 Å². The van der Waals surface area contributed by atoms with Crippen molar-refractivity contribution in [2.75, 3.05) is 34.8 Å². The Morgan fingerprint density at radius 3 is 2.68 bits per heavy atom. The molecule has 0 bridgehead atoms. The van der Waals surface area contributed by atoms with Crippen molar-refractivity contribution in [2.45, 2.75) is 31.4 Å². The molecule has 0 aliphatic carbocycles. The lowest BCUT2D eigenvalue weighted by atomic mass is 10.0. The fourth-order valence-corrected chi connectivity index (χ4v) is 4.98. The minimum Gasteiger partial charge on any atom is -0.391 e. The van der Waals surface area contributed by atoms with Gasteiger partial charge in [0.1, 0.15) is 17.5 Å². The first-order valence-electron chi connectivity index (χ1n) is 12.1. The highest BCUT2D eigenvalue weighted by molar-refractivity contribution is 6.02. The van der Waals surface area contributed by atoms with Crippen molar-refractivity contribution in [2.24, 2.45) is 0 Å². The van der Waals surface area contributed by atoms with Crippen molar-refractivity contribution < 1.29 is 18.7 Å². The van der Waals surface area contributed by atoms with Crippen LogP contribution in [0.15, 0.2) is 48.7 Å². The number of fused-ring (bicyclic) bond motifs is 1. The van der Waals surface area contributed by atoms with E-state index in [0.29, 0.717) is 61.1 Å². The molecule has 1 amide bonds. The second kappa shape index (κ2) is 9.36. The van der Waals surface area contributed by atoms with Crippen LogP contribution in [0.2, 0.25) is 0 Å². The number of aromatic nitrogens is 5. The monoisotopic (exact) mass is 506 g/mol. The Labute approximate surface area is 210 Å². The van der Waals surface area contributed by atoms with Crippen molar-refractivity contribution in [1.82, 2.24) is 24.8 Å². The van der Waals surface area contributed by atoms with Crippen LogP contribution in [0.4, 0.5) is 26.2 Å². The van der Waals surface area contributed by atoms with Crippen LogP contribution in [0.25, 0.3) is 5.65 Å². The van der Waals surface area contributed by atoms with Crippen molar-refractivity contribution in [3.63, 3.8) is 0 Å². The third-order valence-corrected chi connectivity index (χ3v) is 6.82. The summed E-state index contributed by atoms with van der Waals surface area (Å²) in [6, 6.07) is 9.95. The van der Waals surface area contributed by atoms with Crippen LogP contribution < -0.4 is 15.1 Å². The Hall–Kier alpha value is -4.19. The molecule has 5 heterocycles. The number of carbonyl (C=O) groups is 1. The zero-order chi connectivity index (χ0) is 25.5. The third-order valence-electron chi connectivity index (χ3n) is 6.82. The number of aliphatic hydroxyl groups is 1. The van der Waals surface area contributed by atoms with E-state index in [9.17, 15) is 18.7 Å². The van der Waals surface area contributed by atoms with E-state index in [2.05, 4.69) is 25.6 Å². The number of anilines is 3. The van der Waals surface area contributed by atoms with Crippen molar-refractivity contribution in [3.05, 3.63) is 71.6 Å². The lowest BCUT2D eigenvalue weighted by Gasteiger charge is -2.26. The van der Waals surface area contributed by atoms with Crippen LogP contribution in [0.3, 0.4) is 0 Å². The van der Waals surface area contributed by atoms with E-state index in [1.54, 1.807) is 24.3 Å². The SMILES string of the molecule is O=C(Nc1cnc2ccc(N3CCCC3c3cc(F)ccc3F)nn12)c1ccc(N2CCC(O)C2)nn1. The number of hydrogen-bond acceptors (Lipinski definition) is 8. The second-order valence-corrected chi connectivity index (χ2v) is 9.24. The Balaban J connectivity index is 1.23. The number of nitrogens with zero attached hydrogens (tertiary/aromatic N) is 7. The molecule has 12 heteroatoms. The molecule has 2 unspecified atom stereocenters. The molecule has 2 aliphatic heterocycles. The fraction of sp³-hybridized carbons (Fsp3) is 0.320. The summed E-state index contributed by atoms with van der Waals surface area (Å²) in [5.41, 5.74) is 0.931. The van der Waals surface area contributed by atoms with E-state index in [1.807, 2.05) is 9.80 Å². The molecule has 190 valence electrons. The van der Waals surface area contributed by atoms with E-state index in [4.69, 9.17) is 0 Å². The summed E-state index contributed by atoms with van der Waals surface area (Å²) in [5, 5.41) is 25.3. The number of hydrogen-bond donors (Lipinski definition) is 2. The van der Waals surface area contributed by atoms with Crippen LogP contribution >= 0.6 is 0 Å². The number of rotatable bonds is 5. The van der Waals surface area contributed by atoms with Gasteiger partial charge in [0.25, 0.3) is 5.91 Å². The molecule has 1 aromatic carbocycles. The van der Waals surface area contributed by atoms with E-state index in [1.165, 1.54) is 16.8 Å². The average molecular weight is 507 g/mol. The molecule has 6 rings (SSSR count). The summed E-state index contributed by atoms with van der Waals surface area (Å²) in [7, 11) is 0.